The third-order valence-corrected chi connectivity index (χ3v) is 3.83. The lowest BCUT2D eigenvalue weighted by Crippen LogP contribution is -3.00. The molecule has 0 N–H and O–H groups in total. The SMILES string of the molecule is CCC(C)[N+](CC)(CC)c1ccccc1.[Br-]. The first-order chi connectivity index (χ1) is 7.21. The van der Waals surface area contributed by atoms with E-state index in [1.165, 1.54) is 25.2 Å². The third kappa shape index (κ3) is 2.86. The van der Waals surface area contributed by atoms with Crippen LogP contribution in [0.1, 0.15) is 34.1 Å². The molecule has 1 rings (SSSR count). The van der Waals surface area contributed by atoms with E-state index in [9.17, 15) is 0 Å². The van der Waals surface area contributed by atoms with Crippen LogP contribution in [0.2, 0.25) is 0 Å². The summed E-state index contributed by atoms with van der Waals surface area (Å²) in [5.41, 5.74) is 1.46. The second kappa shape index (κ2) is 7.08. The van der Waals surface area contributed by atoms with Crippen LogP contribution in [-0.4, -0.2) is 19.1 Å². The molecule has 0 aliphatic carbocycles. The van der Waals surface area contributed by atoms with Gasteiger partial charge in [-0.1, -0.05) is 25.1 Å². The summed E-state index contributed by atoms with van der Waals surface area (Å²) in [6, 6.07) is 11.6. The minimum absolute atomic E-state index is 0. The molecule has 92 valence electrons. The van der Waals surface area contributed by atoms with Crippen LogP contribution in [0.15, 0.2) is 30.3 Å². The van der Waals surface area contributed by atoms with Crippen LogP contribution in [0.4, 0.5) is 5.69 Å². The largest absolute Gasteiger partial charge is 1.00 e. The van der Waals surface area contributed by atoms with Crippen molar-refractivity contribution in [2.75, 3.05) is 13.1 Å². The van der Waals surface area contributed by atoms with Gasteiger partial charge in [-0.2, -0.15) is 0 Å². The van der Waals surface area contributed by atoms with E-state index in [1.54, 1.807) is 0 Å². The van der Waals surface area contributed by atoms with Crippen LogP contribution in [0.3, 0.4) is 0 Å². The van der Waals surface area contributed by atoms with Gasteiger partial charge in [0, 0.05) is 0 Å². The van der Waals surface area contributed by atoms with Gasteiger partial charge in [-0.15, -0.1) is 0 Å². The fourth-order valence-corrected chi connectivity index (χ4v) is 2.54. The summed E-state index contributed by atoms with van der Waals surface area (Å²) in [7, 11) is 0. The van der Waals surface area contributed by atoms with Crippen molar-refractivity contribution in [1.82, 2.24) is 4.48 Å². The Labute approximate surface area is 111 Å². The number of benzene rings is 1. The van der Waals surface area contributed by atoms with E-state index in [0.717, 1.165) is 4.48 Å². The van der Waals surface area contributed by atoms with Crippen LogP contribution in [0, 0.1) is 0 Å². The zero-order valence-electron chi connectivity index (χ0n) is 10.9. The molecule has 0 aliphatic heterocycles. The monoisotopic (exact) mass is 285 g/mol. The molecule has 0 saturated heterocycles. The predicted molar refractivity (Wildman–Crippen MR) is 69.1 cm³/mol. The first-order valence-corrected chi connectivity index (χ1v) is 6.13. The molecule has 0 radical (unpaired) electrons. The highest BCUT2D eigenvalue weighted by Gasteiger charge is 2.31. The summed E-state index contributed by atoms with van der Waals surface area (Å²) >= 11 is 0. The molecule has 0 heterocycles. The van der Waals surface area contributed by atoms with Crippen LogP contribution in [0.5, 0.6) is 0 Å². The molecule has 0 amide bonds. The zero-order chi connectivity index (χ0) is 11.3. The lowest BCUT2D eigenvalue weighted by atomic mass is 10.1. The van der Waals surface area contributed by atoms with Gasteiger partial charge >= 0.3 is 0 Å². The maximum atomic E-state index is 2.36. The normalized spacial score (nSPS) is 13.0. The van der Waals surface area contributed by atoms with Crippen molar-refractivity contribution in [1.29, 1.82) is 0 Å². The maximum absolute atomic E-state index is 2.36. The average molecular weight is 286 g/mol. The number of hydrogen-bond donors (Lipinski definition) is 0. The Kier molecular flexibility index (Phi) is 6.93. The van der Waals surface area contributed by atoms with E-state index in [4.69, 9.17) is 0 Å². The number of para-hydroxylation sites is 1. The molecule has 0 aliphatic rings. The molecule has 1 aromatic carbocycles. The highest BCUT2D eigenvalue weighted by Crippen LogP contribution is 2.27. The summed E-state index contributed by atoms with van der Waals surface area (Å²) in [4.78, 5) is 0. The van der Waals surface area contributed by atoms with Gasteiger partial charge in [0.1, 0.15) is 5.69 Å². The van der Waals surface area contributed by atoms with Crippen molar-refractivity contribution >= 4 is 5.69 Å². The van der Waals surface area contributed by atoms with Gasteiger partial charge in [-0.05, 0) is 39.3 Å². The second-order valence-electron chi connectivity index (χ2n) is 4.26. The van der Waals surface area contributed by atoms with Crippen LogP contribution < -0.4 is 21.5 Å². The van der Waals surface area contributed by atoms with Crippen LogP contribution in [-0.2, 0) is 0 Å². The van der Waals surface area contributed by atoms with Gasteiger partial charge in [0.05, 0.1) is 19.1 Å². The predicted octanol–water partition coefficient (Wildman–Crippen LogP) is 0.836. The second-order valence-corrected chi connectivity index (χ2v) is 4.26. The highest BCUT2D eigenvalue weighted by molar-refractivity contribution is 5.43. The molecule has 0 bridgehead atoms. The quantitative estimate of drug-likeness (QED) is 0.704. The number of halogens is 1. The van der Waals surface area contributed by atoms with E-state index in [-0.39, 0.29) is 17.0 Å². The molecule has 0 fully saturated rings. The number of nitrogens with zero attached hydrogens (tertiary/aromatic N) is 1. The van der Waals surface area contributed by atoms with Crippen molar-refractivity contribution < 1.29 is 17.0 Å². The Bertz CT molecular complexity index is 280. The van der Waals surface area contributed by atoms with Crippen molar-refractivity contribution in [2.24, 2.45) is 0 Å². The highest BCUT2D eigenvalue weighted by atomic mass is 79.9. The van der Waals surface area contributed by atoms with Gasteiger partial charge in [0.2, 0.25) is 0 Å². The Morgan fingerprint density at radius 3 is 1.88 bits per heavy atom. The number of hydrogen-bond acceptors (Lipinski definition) is 0. The first kappa shape index (κ1) is 15.7. The van der Waals surface area contributed by atoms with Crippen molar-refractivity contribution in [3.8, 4) is 0 Å². The van der Waals surface area contributed by atoms with Gasteiger partial charge in [0.25, 0.3) is 0 Å². The Balaban J connectivity index is 0.00000225. The van der Waals surface area contributed by atoms with Crippen molar-refractivity contribution in [2.45, 2.75) is 40.2 Å². The summed E-state index contributed by atoms with van der Waals surface area (Å²) in [5.74, 6) is 0. The van der Waals surface area contributed by atoms with Crippen LogP contribution >= 0.6 is 0 Å². The molecule has 0 spiro atoms. The smallest absolute Gasteiger partial charge is 0.133 e. The third-order valence-electron chi connectivity index (χ3n) is 3.83. The van der Waals surface area contributed by atoms with E-state index >= 15 is 0 Å². The Morgan fingerprint density at radius 2 is 1.50 bits per heavy atom. The minimum Gasteiger partial charge on any atom is -1.00 e. The van der Waals surface area contributed by atoms with E-state index < -0.39 is 0 Å². The van der Waals surface area contributed by atoms with E-state index in [1.807, 2.05) is 0 Å². The molecule has 16 heavy (non-hydrogen) atoms. The maximum Gasteiger partial charge on any atom is 0.133 e. The molecular weight excluding hydrogens is 262 g/mol. The fourth-order valence-electron chi connectivity index (χ4n) is 2.54. The summed E-state index contributed by atoms with van der Waals surface area (Å²) in [6.07, 6.45) is 1.23. The van der Waals surface area contributed by atoms with E-state index in [2.05, 4.69) is 58.0 Å². The fraction of sp³-hybridized carbons (Fsp3) is 0.571. The molecule has 0 aromatic heterocycles. The van der Waals surface area contributed by atoms with Gasteiger partial charge in [0.15, 0.2) is 0 Å². The molecule has 1 aromatic rings. The van der Waals surface area contributed by atoms with E-state index in [0.29, 0.717) is 6.04 Å². The molecule has 1 atom stereocenters. The van der Waals surface area contributed by atoms with Crippen molar-refractivity contribution in [3.05, 3.63) is 30.3 Å². The molecule has 0 saturated carbocycles. The summed E-state index contributed by atoms with van der Waals surface area (Å²) in [5, 5.41) is 0. The molecule has 2 heteroatoms. The molecular formula is C14H24BrN. The summed E-state index contributed by atoms with van der Waals surface area (Å²) < 4.78 is 1.11. The van der Waals surface area contributed by atoms with Gasteiger partial charge < -0.3 is 17.0 Å². The minimum atomic E-state index is 0. The standard InChI is InChI=1S/C14H24N.BrH/c1-5-13(4)15(6-2,7-3)14-11-9-8-10-12-14;/h8-13H,5-7H2,1-4H3;1H/q+1;/p-1. The topological polar surface area (TPSA) is 0 Å². The lowest BCUT2D eigenvalue weighted by molar-refractivity contribution is -0.00000335. The number of rotatable bonds is 5. The van der Waals surface area contributed by atoms with Gasteiger partial charge in [-0.3, -0.25) is 4.48 Å². The first-order valence-electron chi connectivity index (χ1n) is 6.13. The summed E-state index contributed by atoms with van der Waals surface area (Å²) in [6.45, 7) is 11.6. The van der Waals surface area contributed by atoms with Crippen LogP contribution in [0.25, 0.3) is 0 Å². The lowest BCUT2D eigenvalue weighted by Gasteiger charge is -2.41. The Morgan fingerprint density at radius 1 is 1.00 bits per heavy atom. The van der Waals surface area contributed by atoms with Crippen molar-refractivity contribution in [3.63, 3.8) is 0 Å². The average Bonchev–Trinajstić information content (AvgIpc) is 2.32. The van der Waals surface area contributed by atoms with Gasteiger partial charge in [-0.25, -0.2) is 0 Å². The molecule has 1 nitrogen and oxygen atoms in total. The Hall–Kier alpha value is -0.340. The number of quaternary nitrogens is 1. The zero-order valence-corrected chi connectivity index (χ0v) is 12.5. The molecule has 1 unspecified atom stereocenters.